The molecule has 1 aromatic heterocycles. The summed E-state index contributed by atoms with van der Waals surface area (Å²) < 4.78 is 5.46. The third-order valence-electron chi connectivity index (χ3n) is 4.39. The van der Waals surface area contributed by atoms with E-state index in [0.717, 1.165) is 37.1 Å². The molecular weight excluding hydrogens is 276 g/mol. The number of carbonyl (C=O) groups is 1. The molecule has 0 unspecified atom stereocenters. The Morgan fingerprint density at radius 1 is 1.20 bits per heavy atom. The van der Waals surface area contributed by atoms with Gasteiger partial charge in [0.1, 0.15) is 11.8 Å². The molecule has 1 N–H and O–H groups in total. The van der Waals surface area contributed by atoms with E-state index in [2.05, 4.69) is 5.32 Å². The van der Waals surface area contributed by atoms with Crippen molar-refractivity contribution < 1.29 is 9.21 Å². The molecule has 2 fully saturated rings. The lowest BCUT2D eigenvalue weighted by molar-refractivity contribution is 0.0782. The molecule has 1 amide bonds. The second kappa shape index (κ2) is 5.11. The fraction of sp³-hybridized carbons (Fsp3) is 0.400. The third kappa shape index (κ3) is 2.00. The molecule has 4 nitrogen and oxygen atoms in total. The molecule has 5 heteroatoms. The van der Waals surface area contributed by atoms with Crippen LogP contribution in [0, 0.1) is 11.8 Å². The van der Waals surface area contributed by atoms with Crippen molar-refractivity contribution in [3.05, 3.63) is 36.1 Å². The number of halogens is 1. The topological polar surface area (TPSA) is 45.5 Å². The summed E-state index contributed by atoms with van der Waals surface area (Å²) in [5.41, 5.74) is 1.48. The number of rotatable bonds is 1. The summed E-state index contributed by atoms with van der Waals surface area (Å²) >= 11 is 0. The summed E-state index contributed by atoms with van der Waals surface area (Å²) in [4.78, 5) is 14.6. The minimum absolute atomic E-state index is 0. The average Bonchev–Trinajstić information content (AvgIpc) is 3.11. The van der Waals surface area contributed by atoms with Gasteiger partial charge in [0.15, 0.2) is 0 Å². The summed E-state index contributed by atoms with van der Waals surface area (Å²) in [5.74, 6) is 1.36. The van der Waals surface area contributed by atoms with E-state index in [1.165, 1.54) is 0 Å². The van der Waals surface area contributed by atoms with Crippen LogP contribution < -0.4 is 5.32 Å². The highest BCUT2D eigenvalue weighted by atomic mass is 35.5. The predicted molar refractivity (Wildman–Crippen MR) is 79.2 cm³/mol. The van der Waals surface area contributed by atoms with Gasteiger partial charge in [0.2, 0.25) is 0 Å². The fourth-order valence-corrected chi connectivity index (χ4v) is 3.33. The highest BCUT2D eigenvalue weighted by Crippen LogP contribution is 2.29. The summed E-state index contributed by atoms with van der Waals surface area (Å²) in [6, 6.07) is 7.71. The monoisotopic (exact) mass is 292 g/mol. The molecule has 2 saturated heterocycles. The van der Waals surface area contributed by atoms with E-state index in [1.807, 2.05) is 29.2 Å². The van der Waals surface area contributed by atoms with Gasteiger partial charge in [-0.1, -0.05) is 18.2 Å². The molecule has 2 aromatic rings. The molecule has 2 aliphatic heterocycles. The maximum Gasteiger partial charge on any atom is 0.257 e. The van der Waals surface area contributed by atoms with Gasteiger partial charge < -0.3 is 14.6 Å². The Bertz CT molecular complexity index is 628. The highest BCUT2D eigenvalue weighted by Gasteiger charge is 2.38. The van der Waals surface area contributed by atoms with E-state index in [0.29, 0.717) is 17.4 Å². The summed E-state index contributed by atoms with van der Waals surface area (Å²) in [7, 11) is 0. The van der Waals surface area contributed by atoms with Gasteiger partial charge in [-0.3, -0.25) is 4.79 Å². The Hall–Kier alpha value is -1.52. The van der Waals surface area contributed by atoms with E-state index in [1.54, 1.807) is 6.26 Å². The zero-order valence-corrected chi connectivity index (χ0v) is 11.9. The van der Waals surface area contributed by atoms with Gasteiger partial charge >= 0.3 is 0 Å². The van der Waals surface area contributed by atoms with Crippen LogP contribution >= 0.6 is 12.4 Å². The second-order valence-corrected chi connectivity index (χ2v) is 5.53. The summed E-state index contributed by atoms with van der Waals surface area (Å²) in [5, 5.41) is 4.31. The van der Waals surface area contributed by atoms with Crippen molar-refractivity contribution in [2.75, 3.05) is 26.2 Å². The van der Waals surface area contributed by atoms with Gasteiger partial charge in [0.25, 0.3) is 5.91 Å². The third-order valence-corrected chi connectivity index (χ3v) is 4.39. The molecule has 2 aliphatic rings. The minimum atomic E-state index is 0. The van der Waals surface area contributed by atoms with E-state index in [4.69, 9.17) is 4.42 Å². The lowest BCUT2D eigenvalue weighted by atomic mass is 10.0. The van der Waals surface area contributed by atoms with Crippen LogP contribution in [0.3, 0.4) is 0 Å². The number of nitrogens with one attached hydrogen (secondary N) is 1. The Labute approximate surface area is 123 Å². The van der Waals surface area contributed by atoms with Crippen molar-refractivity contribution in [1.82, 2.24) is 10.2 Å². The maximum atomic E-state index is 12.6. The van der Waals surface area contributed by atoms with Crippen molar-refractivity contribution in [3.63, 3.8) is 0 Å². The molecule has 4 rings (SSSR count). The number of nitrogens with zero attached hydrogens (tertiary/aromatic N) is 1. The number of furan rings is 1. The number of amides is 1. The first kappa shape index (κ1) is 13.5. The standard InChI is InChI=1S/C15H16N2O2.ClH/c18-15(17-7-10-5-16-6-11(10)8-17)13-9-19-14-4-2-1-3-12(13)14;/h1-4,9-11,16H,5-8H2;1H/t10-,11+;. The zero-order chi connectivity index (χ0) is 12.8. The van der Waals surface area contributed by atoms with Crippen LogP contribution in [0.2, 0.25) is 0 Å². The minimum Gasteiger partial charge on any atom is -0.463 e. The van der Waals surface area contributed by atoms with Crippen LogP contribution in [0.4, 0.5) is 0 Å². The van der Waals surface area contributed by atoms with Crippen molar-refractivity contribution in [2.24, 2.45) is 11.8 Å². The molecule has 20 heavy (non-hydrogen) atoms. The molecular formula is C15H17ClN2O2. The van der Waals surface area contributed by atoms with E-state index < -0.39 is 0 Å². The SMILES string of the molecule is Cl.O=C(c1coc2ccccc12)N1C[C@H]2CNC[C@H]2C1. The van der Waals surface area contributed by atoms with Gasteiger partial charge in [0.05, 0.1) is 5.56 Å². The van der Waals surface area contributed by atoms with Gasteiger partial charge in [-0.25, -0.2) is 0 Å². The Balaban J connectivity index is 0.00000121. The number of benzene rings is 1. The van der Waals surface area contributed by atoms with Gasteiger partial charge in [0, 0.05) is 31.6 Å². The average molecular weight is 293 g/mol. The van der Waals surface area contributed by atoms with Crippen LogP contribution in [0.15, 0.2) is 34.9 Å². The normalized spacial score (nSPS) is 24.7. The van der Waals surface area contributed by atoms with Gasteiger partial charge in [-0.15, -0.1) is 12.4 Å². The number of para-hydroxylation sites is 1. The predicted octanol–water partition coefficient (Wildman–Crippen LogP) is 2.15. The molecule has 0 aliphatic carbocycles. The summed E-state index contributed by atoms with van der Waals surface area (Å²) in [6.07, 6.45) is 1.60. The van der Waals surface area contributed by atoms with E-state index in [-0.39, 0.29) is 18.3 Å². The van der Waals surface area contributed by atoms with Crippen molar-refractivity contribution in [2.45, 2.75) is 0 Å². The number of carbonyl (C=O) groups excluding carboxylic acids is 1. The second-order valence-electron chi connectivity index (χ2n) is 5.53. The lowest BCUT2D eigenvalue weighted by Crippen LogP contribution is -2.31. The first-order valence-electron chi connectivity index (χ1n) is 6.79. The molecule has 0 radical (unpaired) electrons. The van der Waals surface area contributed by atoms with Crippen LogP contribution in [-0.4, -0.2) is 37.0 Å². The Morgan fingerprint density at radius 2 is 1.90 bits per heavy atom. The zero-order valence-electron chi connectivity index (χ0n) is 11.0. The largest absolute Gasteiger partial charge is 0.463 e. The van der Waals surface area contributed by atoms with Gasteiger partial charge in [-0.2, -0.15) is 0 Å². The van der Waals surface area contributed by atoms with Crippen LogP contribution in [0.5, 0.6) is 0 Å². The van der Waals surface area contributed by atoms with Gasteiger partial charge in [-0.05, 0) is 17.9 Å². The summed E-state index contributed by atoms with van der Waals surface area (Å²) in [6.45, 7) is 3.83. The van der Waals surface area contributed by atoms with E-state index >= 15 is 0 Å². The van der Waals surface area contributed by atoms with Crippen molar-refractivity contribution in [1.29, 1.82) is 0 Å². The first-order valence-corrected chi connectivity index (χ1v) is 6.79. The maximum absolute atomic E-state index is 12.6. The molecule has 0 bridgehead atoms. The molecule has 106 valence electrons. The highest BCUT2D eigenvalue weighted by molar-refractivity contribution is 6.06. The van der Waals surface area contributed by atoms with Crippen LogP contribution in [-0.2, 0) is 0 Å². The first-order chi connectivity index (χ1) is 9.33. The molecule has 0 spiro atoms. The molecule has 3 heterocycles. The molecule has 1 aromatic carbocycles. The molecule has 0 saturated carbocycles. The Kier molecular flexibility index (Phi) is 3.44. The molecule has 2 atom stereocenters. The quantitative estimate of drug-likeness (QED) is 0.876. The fourth-order valence-electron chi connectivity index (χ4n) is 3.33. The van der Waals surface area contributed by atoms with Crippen LogP contribution in [0.1, 0.15) is 10.4 Å². The number of hydrogen-bond acceptors (Lipinski definition) is 3. The van der Waals surface area contributed by atoms with Crippen LogP contribution in [0.25, 0.3) is 11.0 Å². The number of fused-ring (bicyclic) bond motifs is 2. The lowest BCUT2D eigenvalue weighted by Gasteiger charge is -2.16. The number of hydrogen-bond donors (Lipinski definition) is 1. The van der Waals surface area contributed by atoms with Crippen molar-refractivity contribution >= 4 is 29.3 Å². The smallest absolute Gasteiger partial charge is 0.257 e. The Morgan fingerprint density at radius 3 is 2.65 bits per heavy atom. The number of likely N-dealkylation sites (tertiary alicyclic amines) is 1. The van der Waals surface area contributed by atoms with E-state index in [9.17, 15) is 4.79 Å². The van der Waals surface area contributed by atoms with Crippen molar-refractivity contribution in [3.8, 4) is 0 Å².